The van der Waals surface area contributed by atoms with Crippen LogP contribution in [0.3, 0.4) is 0 Å². The Balaban J connectivity index is 1.90. The highest BCUT2D eigenvalue weighted by atomic mass is 15.0. The van der Waals surface area contributed by atoms with Gasteiger partial charge in [-0.2, -0.15) is 0 Å². The van der Waals surface area contributed by atoms with Gasteiger partial charge in [-0.05, 0) is 23.3 Å². The predicted octanol–water partition coefficient (Wildman–Crippen LogP) is 4.14. The summed E-state index contributed by atoms with van der Waals surface area (Å²) in [6, 6.07) is 24.8. The molecule has 0 radical (unpaired) electrons. The summed E-state index contributed by atoms with van der Waals surface area (Å²) in [5.41, 5.74) is 4.16. The molecule has 1 N–H and O–H groups in total. The summed E-state index contributed by atoms with van der Waals surface area (Å²) in [6.45, 7) is 0. The summed E-state index contributed by atoms with van der Waals surface area (Å²) in [6.07, 6.45) is 1.77. The Kier molecular flexibility index (Phi) is 3.16. The minimum atomic E-state index is 0.0802. The van der Waals surface area contributed by atoms with Gasteiger partial charge in [0, 0.05) is 6.20 Å². The predicted molar refractivity (Wildman–Crippen MR) is 87.7 cm³/mol. The number of nitrogens with zero attached hydrogens (tertiary/aromatic N) is 2. The number of nitrogens with one attached hydrogen (secondary N) is 1. The number of pyridine rings is 1. The summed E-state index contributed by atoms with van der Waals surface area (Å²) in [4.78, 5) is 12.4. The Bertz CT molecular complexity index is 810. The van der Waals surface area contributed by atoms with Crippen molar-refractivity contribution < 1.29 is 0 Å². The van der Waals surface area contributed by atoms with E-state index in [0.29, 0.717) is 0 Å². The molecule has 0 saturated heterocycles. The van der Waals surface area contributed by atoms with Crippen LogP contribution in [-0.2, 0) is 0 Å². The second-order valence-electron chi connectivity index (χ2n) is 5.25. The molecule has 0 saturated carbocycles. The van der Waals surface area contributed by atoms with Gasteiger partial charge in [0.2, 0.25) is 0 Å². The van der Waals surface area contributed by atoms with Crippen LogP contribution in [-0.4, -0.2) is 15.0 Å². The molecule has 0 aliphatic rings. The van der Waals surface area contributed by atoms with E-state index in [2.05, 4.69) is 58.5 Å². The lowest BCUT2D eigenvalue weighted by molar-refractivity contribution is 0.889. The van der Waals surface area contributed by atoms with E-state index < -0.39 is 0 Å². The molecule has 0 aliphatic heterocycles. The summed E-state index contributed by atoms with van der Waals surface area (Å²) >= 11 is 0. The molecule has 3 heteroatoms. The third kappa shape index (κ3) is 2.27. The van der Waals surface area contributed by atoms with Crippen molar-refractivity contribution in [2.75, 3.05) is 0 Å². The maximum atomic E-state index is 4.70. The second-order valence-corrected chi connectivity index (χ2v) is 5.25. The molecular weight excluding hydrogens is 270 g/mol. The van der Waals surface area contributed by atoms with Crippen molar-refractivity contribution in [1.82, 2.24) is 15.0 Å². The first-order chi connectivity index (χ1) is 10.9. The van der Waals surface area contributed by atoms with Crippen LogP contribution in [0.2, 0.25) is 0 Å². The summed E-state index contributed by atoms with van der Waals surface area (Å²) in [5, 5.41) is 0. The van der Waals surface area contributed by atoms with E-state index in [9.17, 15) is 0 Å². The molecule has 0 fully saturated rings. The van der Waals surface area contributed by atoms with Crippen LogP contribution in [0.15, 0.2) is 79.0 Å². The van der Waals surface area contributed by atoms with Crippen molar-refractivity contribution in [3.63, 3.8) is 0 Å². The highest BCUT2D eigenvalue weighted by molar-refractivity contribution is 5.70. The SMILES string of the molecule is c1ccc(C(c2ccccc2)c2nc3ncccc3[nH]2)cc1. The molecule has 3 nitrogen and oxygen atoms in total. The molecule has 2 heterocycles. The van der Waals surface area contributed by atoms with Crippen molar-refractivity contribution in [2.24, 2.45) is 0 Å². The largest absolute Gasteiger partial charge is 0.340 e. The van der Waals surface area contributed by atoms with Crippen molar-refractivity contribution >= 4 is 11.2 Å². The quantitative estimate of drug-likeness (QED) is 0.614. The summed E-state index contributed by atoms with van der Waals surface area (Å²) < 4.78 is 0. The van der Waals surface area contributed by atoms with Crippen LogP contribution in [0.4, 0.5) is 0 Å². The number of imidazole rings is 1. The number of H-pyrrole nitrogens is 1. The third-order valence-electron chi connectivity index (χ3n) is 3.82. The van der Waals surface area contributed by atoms with Crippen molar-refractivity contribution in [1.29, 1.82) is 0 Å². The molecule has 0 amide bonds. The number of fused-ring (bicyclic) bond motifs is 1. The molecule has 0 spiro atoms. The third-order valence-corrected chi connectivity index (χ3v) is 3.82. The molecule has 22 heavy (non-hydrogen) atoms. The average Bonchev–Trinajstić information content (AvgIpc) is 3.00. The molecule has 2 aromatic heterocycles. The van der Waals surface area contributed by atoms with Crippen LogP contribution in [0, 0.1) is 0 Å². The fourth-order valence-electron chi connectivity index (χ4n) is 2.80. The number of hydrogen-bond donors (Lipinski definition) is 1. The van der Waals surface area contributed by atoms with Gasteiger partial charge in [0.05, 0.1) is 11.4 Å². The monoisotopic (exact) mass is 285 g/mol. The van der Waals surface area contributed by atoms with E-state index in [1.807, 2.05) is 24.3 Å². The Labute approximate surface area is 128 Å². The first-order valence-corrected chi connectivity index (χ1v) is 7.32. The number of aromatic nitrogens is 3. The number of hydrogen-bond acceptors (Lipinski definition) is 2. The lowest BCUT2D eigenvalue weighted by Gasteiger charge is -2.15. The standard InChI is InChI=1S/C19H15N3/c1-3-8-14(9-4-1)17(15-10-5-2-6-11-15)19-21-16-12-7-13-20-18(16)22-19/h1-13,17H,(H,20,21,22). The van der Waals surface area contributed by atoms with Gasteiger partial charge in [0.25, 0.3) is 0 Å². The maximum absolute atomic E-state index is 4.70. The molecule has 106 valence electrons. The second kappa shape index (κ2) is 5.45. The zero-order chi connectivity index (χ0) is 14.8. The first kappa shape index (κ1) is 12.8. The molecule has 4 aromatic rings. The van der Waals surface area contributed by atoms with E-state index in [0.717, 1.165) is 17.0 Å². The van der Waals surface area contributed by atoms with Crippen molar-refractivity contribution in [3.8, 4) is 0 Å². The minimum Gasteiger partial charge on any atom is -0.340 e. The van der Waals surface area contributed by atoms with Gasteiger partial charge in [-0.25, -0.2) is 9.97 Å². The van der Waals surface area contributed by atoms with Gasteiger partial charge in [-0.3, -0.25) is 0 Å². The Morgan fingerprint density at radius 2 is 1.36 bits per heavy atom. The molecule has 0 unspecified atom stereocenters. The van der Waals surface area contributed by atoms with Gasteiger partial charge in [0.1, 0.15) is 5.82 Å². The lowest BCUT2D eigenvalue weighted by Crippen LogP contribution is -2.05. The van der Waals surface area contributed by atoms with Gasteiger partial charge in [0.15, 0.2) is 5.65 Å². The fraction of sp³-hybridized carbons (Fsp3) is 0.0526. The highest BCUT2D eigenvalue weighted by Crippen LogP contribution is 2.30. The van der Waals surface area contributed by atoms with Crippen LogP contribution in [0.25, 0.3) is 11.2 Å². The smallest absolute Gasteiger partial charge is 0.177 e. The lowest BCUT2D eigenvalue weighted by atomic mass is 9.91. The molecule has 0 aliphatic carbocycles. The Hall–Kier alpha value is -2.94. The Morgan fingerprint density at radius 3 is 1.95 bits per heavy atom. The molecule has 2 aromatic carbocycles. The van der Waals surface area contributed by atoms with E-state index >= 15 is 0 Å². The van der Waals surface area contributed by atoms with E-state index in [1.54, 1.807) is 6.20 Å². The number of benzene rings is 2. The molecular formula is C19H15N3. The number of rotatable bonds is 3. The Morgan fingerprint density at radius 1 is 0.727 bits per heavy atom. The molecule has 4 rings (SSSR count). The van der Waals surface area contributed by atoms with Crippen LogP contribution in [0.1, 0.15) is 22.9 Å². The van der Waals surface area contributed by atoms with E-state index in [-0.39, 0.29) is 5.92 Å². The van der Waals surface area contributed by atoms with Crippen LogP contribution < -0.4 is 0 Å². The fourth-order valence-corrected chi connectivity index (χ4v) is 2.80. The number of aromatic amines is 1. The average molecular weight is 285 g/mol. The van der Waals surface area contributed by atoms with Gasteiger partial charge >= 0.3 is 0 Å². The zero-order valence-corrected chi connectivity index (χ0v) is 12.0. The van der Waals surface area contributed by atoms with E-state index in [4.69, 9.17) is 4.98 Å². The highest BCUT2D eigenvalue weighted by Gasteiger charge is 2.20. The molecule has 0 bridgehead atoms. The van der Waals surface area contributed by atoms with Crippen molar-refractivity contribution in [3.05, 3.63) is 95.9 Å². The topological polar surface area (TPSA) is 41.6 Å². The maximum Gasteiger partial charge on any atom is 0.177 e. The minimum absolute atomic E-state index is 0.0802. The summed E-state index contributed by atoms with van der Waals surface area (Å²) in [7, 11) is 0. The molecule has 0 atom stereocenters. The van der Waals surface area contributed by atoms with Crippen molar-refractivity contribution in [2.45, 2.75) is 5.92 Å². The first-order valence-electron chi connectivity index (χ1n) is 7.32. The van der Waals surface area contributed by atoms with Gasteiger partial charge in [-0.15, -0.1) is 0 Å². The van der Waals surface area contributed by atoms with E-state index in [1.165, 1.54) is 11.1 Å². The normalized spacial score (nSPS) is 11.1. The van der Waals surface area contributed by atoms with Gasteiger partial charge in [-0.1, -0.05) is 60.7 Å². The van der Waals surface area contributed by atoms with Crippen LogP contribution >= 0.6 is 0 Å². The zero-order valence-electron chi connectivity index (χ0n) is 12.0. The van der Waals surface area contributed by atoms with Gasteiger partial charge < -0.3 is 4.98 Å². The van der Waals surface area contributed by atoms with Crippen LogP contribution in [0.5, 0.6) is 0 Å². The summed E-state index contributed by atoms with van der Waals surface area (Å²) in [5.74, 6) is 1.00.